The number of hydrogen-bond acceptors (Lipinski definition) is 4. The van der Waals surface area contributed by atoms with E-state index in [1.54, 1.807) is 49.6 Å². The lowest BCUT2D eigenvalue weighted by molar-refractivity contribution is 0.101. The molecule has 0 fully saturated rings. The third kappa shape index (κ3) is 4.10. The molecule has 3 rings (SSSR count). The van der Waals surface area contributed by atoms with Crippen LogP contribution in [0.3, 0.4) is 0 Å². The highest BCUT2D eigenvalue weighted by Gasteiger charge is 2.10. The Morgan fingerprint density at radius 2 is 1.58 bits per heavy atom. The van der Waals surface area contributed by atoms with Crippen molar-refractivity contribution < 1.29 is 19.1 Å². The van der Waals surface area contributed by atoms with Crippen molar-refractivity contribution >= 4 is 17.4 Å². The topological polar surface area (TPSA) is 80.4 Å². The van der Waals surface area contributed by atoms with Gasteiger partial charge in [0.2, 0.25) is 0 Å². The number of ketones is 1. The molecule has 1 heterocycles. The molecule has 0 atom stereocenters. The van der Waals surface area contributed by atoms with Gasteiger partial charge in [0.1, 0.15) is 22.9 Å². The first kappa shape index (κ1) is 17.3. The normalized spacial score (nSPS) is 10.2. The molecule has 0 spiro atoms. The molecule has 0 aliphatic heterocycles. The van der Waals surface area contributed by atoms with Crippen LogP contribution in [0.5, 0.6) is 17.2 Å². The smallest absolute Gasteiger partial charge is 0.272 e. The third-order valence-electron chi connectivity index (χ3n) is 3.70. The SMILES string of the molecule is COc1cccc(Oc2ccc(NC(=O)c3ccc(C(C)=O)[nH]3)cc2)c1. The molecule has 6 heteroatoms. The Morgan fingerprint density at radius 1 is 0.885 bits per heavy atom. The lowest BCUT2D eigenvalue weighted by Gasteiger charge is -2.09. The van der Waals surface area contributed by atoms with Crippen molar-refractivity contribution in [3.63, 3.8) is 0 Å². The quantitative estimate of drug-likeness (QED) is 0.651. The third-order valence-corrected chi connectivity index (χ3v) is 3.70. The van der Waals surface area contributed by atoms with Gasteiger partial charge < -0.3 is 19.8 Å². The minimum atomic E-state index is -0.320. The van der Waals surface area contributed by atoms with E-state index in [4.69, 9.17) is 9.47 Å². The van der Waals surface area contributed by atoms with Crippen LogP contribution in [0.2, 0.25) is 0 Å². The van der Waals surface area contributed by atoms with Gasteiger partial charge in [0, 0.05) is 18.7 Å². The average Bonchev–Trinajstić information content (AvgIpc) is 3.14. The number of nitrogens with one attached hydrogen (secondary N) is 2. The molecule has 0 aliphatic rings. The minimum absolute atomic E-state index is 0.122. The number of carbonyl (C=O) groups excluding carboxylic acids is 2. The summed E-state index contributed by atoms with van der Waals surface area (Å²) in [6.07, 6.45) is 0. The lowest BCUT2D eigenvalue weighted by Crippen LogP contribution is -2.12. The fourth-order valence-electron chi connectivity index (χ4n) is 2.34. The number of rotatable bonds is 6. The highest BCUT2D eigenvalue weighted by molar-refractivity contribution is 6.04. The molecule has 0 saturated carbocycles. The van der Waals surface area contributed by atoms with Crippen LogP contribution in [0, 0.1) is 0 Å². The van der Waals surface area contributed by atoms with Gasteiger partial charge in [0.25, 0.3) is 5.91 Å². The number of methoxy groups -OCH3 is 1. The van der Waals surface area contributed by atoms with Gasteiger partial charge >= 0.3 is 0 Å². The van der Waals surface area contributed by atoms with Gasteiger partial charge in [-0.15, -0.1) is 0 Å². The van der Waals surface area contributed by atoms with E-state index >= 15 is 0 Å². The fourth-order valence-corrected chi connectivity index (χ4v) is 2.34. The van der Waals surface area contributed by atoms with Crippen molar-refractivity contribution in [2.24, 2.45) is 0 Å². The predicted molar refractivity (Wildman–Crippen MR) is 98.3 cm³/mol. The number of hydrogen-bond donors (Lipinski definition) is 2. The van der Waals surface area contributed by atoms with E-state index in [1.165, 1.54) is 6.92 Å². The Bertz CT molecular complexity index is 929. The summed E-state index contributed by atoms with van der Waals surface area (Å²) in [5, 5.41) is 2.76. The fraction of sp³-hybridized carbons (Fsp3) is 0.100. The van der Waals surface area contributed by atoms with Gasteiger partial charge in [-0.25, -0.2) is 0 Å². The van der Waals surface area contributed by atoms with Gasteiger partial charge in [-0.1, -0.05) is 6.07 Å². The summed E-state index contributed by atoms with van der Waals surface area (Å²) in [4.78, 5) is 26.3. The molecule has 3 aromatic rings. The van der Waals surface area contributed by atoms with Crippen LogP contribution < -0.4 is 14.8 Å². The number of anilines is 1. The highest BCUT2D eigenvalue weighted by Crippen LogP contribution is 2.26. The van der Waals surface area contributed by atoms with Crippen molar-refractivity contribution in [2.75, 3.05) is 12.4 Å². The number of amides is 1. The number of ether oxygens (including phenoxy) is 2. The summed E-state index contributed by atoms with van der Waals surface area (Å²) in [6.45, 7) is 1.44. The first-order chi connectivity index (χ1) is 12.5. The Labute approximate surface area is 150 Å². The second-order valence-corrected chi connectivity index (χ2v) is 5.60. The van der Waals surface area contributed by atoms with Gasteiger partial charge in [-0.3, -0.25) is 9.59 Å². The number of Topliss-reactive ketones (excluding diaryl/α,β-unsaturated/α-hetero) is 1. The molecular weight excluding hydrogens is 332 g/mol. The van der Waals surface area contributed by atoms with E-state index in [-0.39, 0.29) is 11.7 Å². The Hall–Kier alpha value is -3.54. The molecule has 2 N–H and O–H groups in total. The van der Waals surface area contributed by atoms with Gasteiger partial charge in [-0.05, 0) is 48.5 Å². The molecule has 6 nitrogen and oxygen atoms in total. The largest absolute Gasteiger partial charge is 0.497 e. The number of H-pyrrole nitrogens is 1. The molecule has 1 aromatic heterocycles. The van der Waals surface area contributed by atoms with Gasteiger partial charge in [0.05, 0.1) is 12.8 Å². The zero-order valence-corrected chi connectivity index (χ0v) is 14.4. The zero-order chi connectivity index (χ0) is 18.5. The standard InChI is InChI=1S/C20H18N2O4/c1-13(23)18-10-11-19(22-18)20(24)21-14-6-8-15(9-7-14)26-17-5-3-4-16(12-17)25-2/h3-12,22H,1-2H3,(H,21,24). The Morgan fingerprint density at radius 3 is 2.23 bits per heavy atom. The van der Waals surface area contributed by atoms with Crippen molar-refractivity contribution in [3.8, 4) is 17.2 Å². The molecule has 132 valence electrons. The van der Waals surface area contributed by atoms with E-state index < -0.39 is 0 Å². The van der Waals surface area contributed by atoms with E-state index in [2.05, 4.69) is 10.3 Å². The van der Waals surface area contributed by atoms with Gasteiger partial charge in [-0.2, -0.15) is 0 Å². The van der Waals surface area contributed by atoms with Crippen molar-refractivity contribution in [1.82, 2.24) is 4.98 Å². The van der Waals surface area contributed by atoms with Crippen LogP contribution >= 0.6 is 0 Å². The molecule has 0 unspecified atom stereocenters. The summed E-state index contributed by atoms with van der Waals surface area (Å²) < 4.78 is 10.9. The summed E-state index contributed by atoms with van der Waals surface area (Å²) >= 11 is 0. The first-order valence-corrected chi connectivity index (χ1v) is 7.98. The molecule has 1 amide bonds. The maximum atomic E-state index is 12.2. The van der Waals surface area contributed by atoms with Crippen molar-refractivity contribution in [3.05, 3.63) is 72.1 Å². The maximum Gasteiger partial charge on any atom is 0.272 e. The van der Waals surface area contributed by atoms with E-state index in [1.807, 2.05) is 18.2 Å². The molecule has 0 aliphatic carbocycles. The van der Waals surface area contributed by atoms with E-state index in [0.717, 1.165) is 0 Å². The van der Waals surface area contributed by atoms with Crippen LogP contribution in [-0.4, -0.2) is 23.8 Å². The van der Waals surface area contributed by atoms with Crippen molar-refractivity contribution in [2.45, 2.75) is 6.92 Å². The van der Waals surface area contributed by atoms with E-state index in [0.29, 0.717) is 34.3 Å². The monoisotopic (exact) mass is 350 g/mol. The Kier molecular flexibility index (Phi) is 5.03. The molecule has 2 aromatic carbocycles. The van der Waals surface area contributed by atoms with Crippen LogP contribution in [0.15, 0.2) is 60.7 Å². The lowest BCUT2D eigenvalue weighted by atomic mass is 10.3. The summed E-state index contributed by atoms with van der Waals surface area (Å²) in [6, 6.07) is 17.4. The molecule has 0 saturated heterocycles. The highest BCUT2D eigenvalue weighted by atomic mass is 16.5. The summed E-state index contributed by atoms with van der Waals surface area (Å²) in [5.74, 6) is 1.56. The number of aromatic amines is 1. The molecule has 0 radical (unpaired) electrons. The van der Waals surface area contributed by atoms with Crippen LogP contribution in [0.4, 0.5) is 5.69 Å². The molecular formula is C20H18N2O4. The molecule has 0 bridgehead atoms. The summed E-state index contributed by atoms with van der Waals surface area (Å²) in [7, 11) is 1.60. The van der Waals surface area contributed by atoms with Gasteiger partial charge in [0.15, 0.2) is 5.78 Å². The number of carbonyl (C=O) groups is 2. The van der Waals surface area contributed by atoms with E-state index in [9.17, 15) is 9.59 Å². The average molecular weight is 350 g/mol. The predicted octanol–water partition coefficient (Wildman–Crippen LogP) is 4.27. The van der Waals surface area contributed by atoms with Crippen LogP contribution in [0.1, 0.15) is 27.9 Å². The van der Waals surface area contributed by atoms with Crippen molar-refractivity contribution in [1.29, 1.82) is 0 Å². The van der Waals surface area contributed by atoms with Crippen LogP contribution in [-0.2, 0) is 0 Å². The Balaban J connectivity index is 1.65. The molecule has 26 heavy (non-hydrogen) atoms. The second-order valence-electron chi connectivity index (χ2n) is 5.60. The zero-order valence-electron chi connectivity index (χ0n) is 14.4. The van der Waals surface area contributed by atoms with Crippen LogP contribution in [0.25, 0.3) is 0 Å². The first-order valence-electron chi connectivity index (χ1n) is 7.98. The number of aromatic nitrogens is 1. The number of benzene rings is 2. The maximum absolute atomic E-state index is 12.2. The summed E-state index contributed by atoms with van der Waals surface area (Å²) in [5.41, 5.74) is 1.34. The minimum Gasteiger partial charge on any atom is -0.497 e. The second kappa shape index (κ2) is 7.57.